The van der Waals surface area contributed by atoms with Crippen LogP contribution in [0.5, 0.6) is 0 Å². The van der Waals surface area contributed by atoms with Crippen LogP contribution in [-0.2, 0) is 14.8 Å². The largest absolute Gasteiger partial charge is 0.274 e. The van der Waals surface area contributed by atoms with Crippen molar-refractivity contribution in [1.82, 2.24) is 4.72 Å². The van der Waals surface area contributed by atoms with E-state index in [1.165, 1.54) is 82.4 Å². The van der Waals surface area contributed by atoms with Crippen LogP contribution in [0.3, 0.4) is 0 Å². The van der Waals surface area contributed by atoms with Gasteiger partial charge in [-0.05, 0) is 116 Å². The van der Waals surface area contributed by atoms with Gasteiger partial charge in [0.2, 0.25) is 5.91 Å². The average Bonchev–Trinajstić information content (AvgIpc) is 3.23. The molecule has 9 atom stereocenters. The van der Waals surface area contributed by atoms with Crippen LogP contribution in [-0.4, -0.2) is 14.3 Å². The van der Waals surface area contributed by atoms with Gasteiger partial charge in [-0.2, -0.15) is 0 Å². The van der Waals surface area contributed by atoms with Gasteiger partial charge in [0.25, 0.3) is 10.0 Å². The standard InChI is InChI=1S/C32H48FNO3S/c1-5-22-20-23-26-15-14-24(32(26,4)19-17-27(23)31(3)18-9-8-10-25(22)31)21(2)13-16-30(35)34-38(36,37)29-12-7-6-11-28(29)33/h6-7,11-12,21-27H,5,8-10,13-20H2,1-4H3,(H,34,35)/t21-,22+,23?,24-,25+,26?,27?,31+,32-/m1/s1. The second-order valence-corrected chi connectivity index (χ2v) is 15.5. The third-order valence-corrected chi connectivity index (χ3v) is 13.6. The number of nitrogens with one attached hydrogen (secondary N) is 1. The van der Waals surface area contributed by atoms with Crippen molar-refractivity contribution in [2.24, 2.45) is 52.3 Å². The molecule has 0 radical (unpaired) electrons. The molecule has 1 aromatic carbocycles. The minimum absolute atomic E-state index is 0.149. The first kappa shape index (κ1) is 28.1. The number of halogens is 1. The Hall–Kier alpha value is -1.43. The first-order valence-electron chi connectivity index (χ1n) is 15.3. The number of benzene rings is 1. The van der Waals surface area contributed by atoms with Crippen LogP contribution in [0.1, 0.15) is 105 Å². The zero-order chi connectivity index (χ0) is 27.3. The summed E-state index contributed by atoms with van der Waals surface area (Å²) in [6, 6.07) is 5.18. The maximum absolute atomic E-state index is 14.0. The van der Waals surface area contributed by atoms with Crippen molar-refractivity contribution >= 4 is 15.9 Å². The lowest BCUT2D eigenvalue weighted by Gasteiger charge is -2.63. The SMILES string of the molecule is CC[C@H]1CC2C3CC[C@H]([C@H](C)CCC(=O)NS(=O)(=O)c4ccccc4F)[C@@]3(C)CCC2[C@@]2(C)CCCC[C@@H]12. The molecule has 212 valence electrons. The zero-order valence-corrected chi connectivity index (χ0v) is 24.7. The highest BCUT2D eigenvalue weighted by molar-refractivity contribution is 7.90. The monoisotopic (exact) mass is 545 g/mol. The van der Waals surface area contributed by atoms with Crippen molar-refractivity contribution in [3.63, 3.8) is 0 Å². The lowest BCUT2D eigenvalue weighted by Crippen LogP contribution is -2.55. The van der Waals surface area contributed by atoms with E-state index in [1.807, 2.05) is 0 Å². The number of fused-ring (bicyclic) bond motifs is 5. The average molecular weight is 546 g/mol. The minimum atomic E-state index is -4.20. The number of hydrogen-bond acceptors (Lipinski definition) is 3. The van der Waals surface area contributed by atoms with E-state index in [-0.39, 0.29) is 6.42 Å². The summed E-state index contributed by atoms with van der Waals surface area (Å²) in [4.78, 5) is 12.2. The van der Waals surface area contributed by atoms with Crippen LogP contribution in [0, 0.1) is 58.1 Å². The zero-order valence-electron chi connectivity index (χ0n) is 23.8. The molecule has 0 aliphatic heterocycles. The molecule has 4 saturated carbocycles. The summed E-state index contributed by atoms with van der Waals surface area (Å²) in [6.07, 6.45) is 14.4. The maximum Gasteiger partial charge on any atom is 0.266 e. The summed E-state index contributed by atoms with van der Waals surface area (Å²) in [6.45, 7) is 9.87. The van der Waals surface area contributed by atoms with E-state index >= 15 is 0 Å². The van der Waals surface area contributed by atoms with E-state index in [4.69, 9.17) is 0 Å². The molecule has 0 spiro atoms. The van der Waals surface area contributed by atoms with Gasteiger partial charge in [0.1, 0.15) is 10.7 Å². The van der Waals surface area contributed by atoms with E-state index in [2.05, 4.69) is 32.4 Å². The molecule has 4 fully saturated rings. The molecule has 0 heterocycles. The number of hydrogen-bond donors (Lipinski definition) is 1. The van der Waals surface area contributed by atoms with Gasteiger partial charge in [0.15, 0.2) is 0 Å². The Balaban J connectivity index is 1.24. The van der Waals surface area contributed by atoms with Crippen LogP contribution < -0.4 is 4.72 Å². The molecule has 1 N–H and O–H groups in total. The molecule has 4 nitrogen and oxygen atoms in total. The molecule has 0 saturated heterocycles. The van der Waals surface area contributed by atoms with E-state index in [9.17, 15) is 17.6 Å². The second-order valence-electron chi connectivity index (χ2n) is 13.8. The summed E-state index contributed by atoms with van der Waals surface area (Å²) < 4.78 is 41.2. The van der Waals surface area contributed by atoms with Gasteiger partial charge in [-0.3, -0.25) is 4.79 Å². The number of sulfonamides is 1. The normalized spacial score (nSPS) is 39.5. The van der Waals surface area contributed by atoms with E-state index in [0.29, 0.717) is 29.1 Å². The van der Waals surface area contributed by atoms with Crippen molar-refractivity contribution in [3.05, 3.63) is 30.1 Å². The van der Waals surface area contributed by atoms with Crippen LogP contribution in [0.15, 0.2) is 29.2 Å². The van der Waals surface area contributed by atoms with Crippen molar-refractivity contribution in [2.45, 2.75) is 110 Å². The fraction of sp³-hybridized carbons (Fsp3) is 0.781. The minimum Gasteiger partial charge on any atom is -0.274 e. The highest BCUT2D eigenvalue weighted by Gasteiger charge is 2.61. The molecular formula is C32H48FNO3S. The van der Waals surface area contributed by atoms with Gasteiger partial charge >= 0.3 is 0 Å². The Morgan fingerprint density at radius 1 is 1.03 bits per heavy atom. The molecule has 5 rings (SSSR count). The Kier molecular flexibility index (Phi) is 7.78. The first-order chi connectivity index (χ1) is 18.0. The number of carbonyl (C=O) groups excluding carboxylic acids is 1. The van der Waals surface area contributed by atoms with Gasteiger partial charge < -0.3 is 0 Å². The Morgan fingerprint density at radius 3 is 2.50 bits per heavy atom. The van der Waals surface area contributed by atoms with E-state index in [0.717, 1.165) is 35.7 Å². The van der Waals surface area contributed by atoms with E-state index in [1.54, 1.807) is 0 Å². The molecule has 4 aliphatic carbocycles. The molecule has 4 aliphatic rings. The van der Waals surface area contributed by atoms with E-state index < -0.39 is 26.6 Å². The molecule has 6 heteroatoms. The third-order valence-electron chi connectivity index (χ3n) is 12.2. The number of amides is 1. The van der Waals surface area contributed by atoms with Crippen molar-refractivity contribution in [3.8, 4) is 0 Å². The lowest BCUT2D eigenvalue weighted by molar-refractivity contribution is -0.138. The van der Waals surface area contributed by atoms with Crippen molar-refractivity contribution < 1.29 is 17.6 Å². The van der Waals surface area contributed by atoms with Gasteiger partial charge in [-0.15, -0.1) is 0 Å². The maximum atomic E-state index is 14.0. The number of rotatable bonds is 7. The van der Waals surface area contributed by atoms with Crippen LogP contribution in [0.25, 0.3) is 0 Å². The number of carbonyl (C=O) groups is 1. The van der Waals surface area contributed by atoms with Gasteiger partial charge in [-0.1, -0.05) is 59.1 Å². The third kappa shape index (κ3) is 4.75. The predicted molar refractivity (Wildman–Crippen MR) is 149 cm³/mol. The van der Waals surface area contributed by atoms with Crippen molar-refractivity contribution in [1.29, 1.82) is 0 Å². The summed E-state index contributed by atoms with van der Waals surface area (Å²) in [7, 11) is -4.20. The fourth-order valence-electron chi connectivity index (χ4n) is 10.5. The smallest absolute Gasteiger partial charge is 0.266 e. The Bertz CT molecular complexity index is 1140. The first-order valence-corrected chi connectivity index (χ1v) is 16.8. The van der Waals surface area contributed by atoms with Gasteiger partial charge in [0, 0.05) is 6.42 Å². The summed E-state index contributed by atoms with van der Waals surface area (Å²) in [5, 5.41) is 0. The Labute approximate surface area is 230 Å². The molecule has 3 unspecified atom stereocenters. The summed E-state index contributed by atoms with van der Waals surface area (Å²) >= 11 is 0. The van der Waals surface area contributed by atoms with Gasteiger partial charge in [-0.25, -0.2) is 17.5 Å². The molecule has 0 bridgehead atoms. The Morgan fingerprint density at radius 2 is 1.76 bits per heavy atom. The lowest BCUT2D eigenvalue weighted by atomic mass is 9.42. The quantitative estimate of drug-likeness (QED) is 0.381. The fourth-order valence-corrected chi connectivity index (χ4v) is 11.6. The van der Waals surface area contributed by atoms with Crippen LogP contribution >= 0.6 is 0 Å². The molecule has 0 aromatic heterocycles. The van der Waals surface area contributed by atoms with Crippen LogP contribution in [0.4, 0.5) is 4.39 Å². The summed E-state index contributed by atoms with van der Waals surface area (Å²) in [5.74, 6) is 3.82. The topological polar surface area (TPSA) is 63.2 Å². The highest BCUT2D eigenvalue weighted by atomic mass is 32.2. The van der Waals surface area contributed by atoms with Gasteiger partial charge in [0.05, 0.1) is 0 Å². The predicted octanol–water partition coefficient (Wildman–Crippen LogP) is 7.73. The summed E-state index contributed by atoms with van der Waals surface area (Å²) in [5.41, 5.74) is 0.834. The molecule has 1 amide bonds. The van der Waals surface area contributed by atoms with Crippen molar-refractivity contribution in [2.75, 3.05) is 0 Å². The molecule has 1 aromatic rings. The second kappa shape index (κ2) is 10.5. The molecular weight excluding hydrogens is 497 g/mol. The highest BCUT2D eigenvalue weighted by Crippen LogP contribution is 2.69. The van der Waals surface area contributed by atoms with Crippen LogP contribution in [0.2, 0.25) is 0 Å². The molecule has 38 heavy (non-hydrogen) atoms.